The van der Waals surface area contributed by atoms with Gasteiger partial charge in [0.25, 0.3) is 0 Å². The summed E-state index contributed by atoms with van der Waals surface area (Å²) in [5, 5.41) is 4.29. The normalized spacial score (nSPS) is 10.5. The summed E-state index contributed by atoms with van der Waals surface area (Å²) >= 11 is 0. The summed E-state index contributed by atoms with van der Waals surface area (Å²) in [7, 11) is 0. The Bertz CT molecular complexity index is 687. The van der Waals surface area contributed by atoms with Crippen molar-refractivity contribution in [3.63, 3.8) is 0 Å². The number of aryl methyl sites for hydroxylation is 1. The molecule has 0 fully saturated rings. The van der Waals surface area contributed by atoms with Gasteiger partial charge in [-0.1, -0.05) is 42.5 Å². The average molecular weight is 278 g/mol. The number of hydrogen-bond acceptors (Lipinski definition) is 2. The number of nitrogens with zero attached hydrogens (tertiary/aromatic N) is 2. The van der Waals surface area contributed by atoms with Crippen LogP contribution in [0.5, 0.6) is 5.75 Å². The van der Waals surface area contributed by atoms with Crippen LogP contribution >= 0.6 is 0 Å². The third-order valence-electron chi connectivity index (χ3n) is 3.28. The molecule has 3 nitrogen and oxygen atoms in total. The van der Waals surface area contributed by atoms with Crippen LogP contribution in [0.25, 0.3) is 0 Å². The fraction of sp³-hybridized carbons (Fsp3) is 0.167. The molecule has 0 amide bonds. The molecule has 3 rings (SSSR count). The van der Waals surface area contributed by atoms with Crippen molar-refractivity contribution in [1.82, 2.24) is 9.78 Å². The maximum absolute atomic E-state index is 5.78. The van der Waals surface area contributed by atoms with Gasteiger partial charge < -0.3 is 4.74 Å². The van der Waals surface area contributed by atoms with Crippen LogP contribution in [0.2, 0.25) is 0 Å². The lowest BCUT2D eigenvalue weighted by Gasteiger charge is -2.07. The van der Waals surface area contributed by atoms with Gasteiger partial charge in [-0.05, 0) is 35.7 Å². The molecule has 3 aromatic rings. The van der Waals surface area contributed by atoms with E-state index in [9.17, 15) is 0 Å². The van der Waals surface area contributed by atoms with Crippen molar-refractivity contribution in [3.05, 3.63) is 83.7 Å². The highest BCUT2D eigenvalue weighted by Crippen LogP contribution is 2.15. The molecule has 106 valence electrons. The molecule has 0 aliphatic rings. The molecule has 0 saturated carbocycles. The summed E-state index contributed by atoms with van der Waals surface area (Å²) in [6, 6.07) is 18.4. The zero-order chi connectivity index (χ0) is 14.5. The number of rotatable bonds is 5. The quantitative estimate of drug-likeness (QED) is 0.709. The number of hydrogen-bond donors (Lipinski definition) is 0. The standard InChI is InChI=1S/C18H18N2O/c1-15-11-19-20(12-15)13-16-7-9-18(10-8-16)21-14-17-5-3-2-4-6-17/h2-12H,13-14H2,1H3. The molecule has 1 aromatic heterocycles. The van der Waals surface area contributed by atoms with Gasteiger partial charge in [0.05, 0.1) is 12.7 Å². The molecule has 2 aromatic carbocycles. The molecule has 0 aliphatic heterocycles. The SMILES string of the molecule is Cc1cnn(Cc2ccc(OCc3ccccc3)cc2)c1. The van der Waals surface area contributed by atoms with Crippen molar-refractivity contribution in [1.29, 1.82) is 0 Å². The summed E-state index contributed by atoms with van der Waals surface area (Å²) in [4.78, 5) is 0. The zero-order valence-electron chi connectivity index (χ0n) is 12.1. The van der Waals surface area contributed by atoms with E-state index >= 15 is 0 Å². The van der Waals surface area contributed by atoms with Crippen molar-refractivity contribution < 1.29 is 4.74 Å². The molecule has 0 radical (unpaired) electrons. The first-order valence-electron chi connectivity index (χ1n) is 7.04. The fourth-order valence-electron chi connectivity index (χ4n) is 2.17. The maximum Gasteiger partial charge on any atom is 0.119 e. The molecule has 0 bridgehead atoms. The summed E-state index contributed by atoms with van der Waals surface area (Å²) in [6.07, 6.45) is 3.91. The summed E-state index contributed by atoms with van der Waals surface area (Å²) in [5.74, 6) is 0.888. The minimum atomic E-state index is 0.596. The van der Waals surface area contributed by atoms with Gasteiger partial charge in [-0.3, -0.25) is 4.68 Å². The molecule has 0 spiro atoms. The Kier molecular flexibility index (Phi) is 4.01. The van der Waals surface area contributed by atoms with Crippen molar-refractivity contribution in [2.24, 2.45) is 0 Å². The van der Waals surface area contributed by atoms with E-state index in [0.29, 0.717) is 6.61 Å². The van der Waals surface area contributed by atoms with E-state index in [1.165, 1.54) is 16.7 Å². The third-order valence-corrected chi connectivity index (χ3v) is 3.28. The molecule has 0 atom stereocenters. The average Bonchev–Trinajstić information content (AvgIpc) is 2.93. The first-order chi connectivity index (χ1) is 10.3. The van der Waals surface area contributed by atoms with Crippen LogP contribution in [0, 0.1) is 6.92 Å². The highest BCUT2D eigenvalue weighted by Gasteiger charge is 1.99. The monoisotopic (exact) mass is 278 g/mol. The maximum atomic E-state index is 5.78. The lowest BCUT2D eigenvalue weighted by atomic mass is 10.2. The van der Waals surface area contributed by atoms with Gasteiger partial charge in [-0.15, -0.1) is 0 Å². The van der Waals surface area contributed by atoms with Crippen LogP contribution < -0.4 is 4.74 Å². The van der Waals surface area contributed by atoms with E-state index in [0.717, 1.165) is 12.3 Å². The van der Waals surface area contributed by atoms with Crippen LogP contribution in [0.3, 0.4) is 0 Å². The second-order valence-corrected chi connectivity index (χ2v) is 5.13. The zero-order valence-corrected chi connectivity index (χ0v) is 12.1. The number of benzene rings is 2. The molecule has 0 saturated heterocycles. The summed E-state index contributed by atoms with van der Waals surface area (Å²) in [6.45, 7) is 3.43. The Balaban J connectivity index is 1.59. The van der Waals surface area contributed by atoms with E-state index in [2.05, 4.69) is 29.4 Å². The van der Waals surface area contributed by atoms with Gasteiger partial charge in [-0.2, -0.15) is 5.10 Å². The molecule has 1 heterocycles. The first kappa shape index (κ1) is 13.4. The highest BCUT2D eigenvalue weighted by atomic mass is 16.5. The Hall–Kier alpha value is -2.55. The molecular weight excluding hydrogens is 260 g/mol. The Morgan fingerprint density at radius 1 is 0.952 bits per heavy atom. The topological polar surface area (TPSA) is 27.1 Å². The van der Waals surface area contributed by atoms with Crippen molar-refractivity contribution in [3.8, 4) is 5.75 Å². The summed E-state index contributed by atoms with van der Waals surface area (Å²) in [5.41, 5.74) is 3.57. The third kappa shape index (κ3) is 3.72. The number of ether oxygens (including phenoxy) is 1. The van der Waals surface area contributed by atoms with Crippen LogP contribution in [0.4, 0.5) is 0 Å². The van der Waals surface area contributed by atoms with E-state index in [4.69, 9.17) is 4.74 Å². The van der Waals surface area contributed by atoms with Crippen LogP contribution in [-0.4, -0.2) is 9.78 Å². The molecule has 3 heteroatoms. The van der Waals surface area contributed by atoms with Gasteiger partial charge in [0.2, 0.25) is 0 Å². The number of aromatic nitrogens is 2. The fourth-order valence-corrected chi connectivity index (χ4v) is 2.17. The van der Waals surface area contributed by atoms with Gasteiger partial charge in [0.15, 0.2) is 0 Å². The van der Waals surface area contributed by atoms with Gasteiger partial charge >= 0.3 is 0 Å². The predicted octanol–water partition coefficient (Wildman–Crippen LogP) is 3.82. The Labute approximate surface area is 124 Å². The van der Waals surface area contributed by atoms with Crippen molar-refractivity contribution in [2.45, 2.75) is 20.1 Å². The van der Waals surface area contributed by atoms with E-state index in [1.54, 1.807) is 0 Å². The van der Waals surface area contributed by atoms with Crippen LogP contribution in [0.15, 0.2) is 67.0 Å². The van der Waals surface area contributed by atoms with E-state index < -0.39 is 0 Å². The van der Waals surface area contributed by atoms with Crippen LogP contribution in [-0.2, 0) is 13.2 Å². The largest absolute Gasteiger partial charge is 0.489 e. The highest BCUT2D eigenvalue weighted by molar-refractivity contribution is 5.28. The van der Waals surface area contributed by atoms with Gasteiger partial charge in [0.1, 0.15) is 12.4 Å². The first-order valence-corrected chi connectivity index (χ1v) is 7.04. The molecule has 0 N–H and O–H groups in total. The Morgan fingerprint density at radius 2 is 1.71 bits per heavy atom. The second kappa shape index (κ2) is 6.27. The van der Waals surface area contributed by atoms with E-state index in [1.807, 2.05) is 54.3 Å². The smallest absolute Gasteiger partial charge is 0.119 e. The van der Waals surface area contributed by atoms with Crippen molar-refractivity contribution >= 4 is 0 Å². The van der Waals surface area contributed by atoms with Gasteiger partial charge in [0, 0.05) is 6.20 Å². The second-order valence-electron chi connectivity index (χ2n) is 5.13. The summed E-state index contributed by atoms with van der Waals surface area (Å²) < 4.78 is 7.72. The van der Waals surface area contributed by atoms with Gasteiger partial charge in [-0.25, -0.2) is 0 Å². The van der Waals surface area contributed by atoms with Crippen molar-refractivity contribution in [2.75, 3.05) is 0 Å². The van der Waals surface area contributed by atoms with Crippen LogP contribution in [0.1, 0.15) is 16.7 Å². The Morgan fingerprint density at radius 3 is 2.38 bits per heavy atom. The minimum absolute atomic E-state index is 0.596. The molecular formula is C18H18N2O. The van der Waals surface area contributed by atoms with E-state index in [-0.39, 0.29) is 0 Å². The minimum Gasteiger partial charge on any atom is -0.489 e. The lowest BCUT2D eigenvalue weighted by Crippen LogP contribution is -2.00. The molecule has 0 aliphatic carbocycles. The lowest BCUT2D eigenvalue weighted by molar-refractivity contribution is 0.306. The predicted molar refractivity (Wildman–Crippen MR) is 83.3 cm³/mol. The molecule has 0 unspecified atom stereocenters. The molecule has 21 heavy (non-hydrogen) atoms.